The number of halogens is 1. The summed E-state index contributed by atoms with van der Waals surface area (Å²) in [4.78, 5) is 14.3. The summed E-state index contributed by atoms with van der Waals surface area (Å²) in [6.07, 6.45) is 1.32. The summed E-state index contributed by atoms with van der Waals surface area (Å²) in [6.45, 7) is 0. The maximum absolute atomic E-state index is 10.8. The van der Waals surface area contributed by atoms with Crippen LogP contribution in [0.15, 0.2) is 45.9 Å². The monoisotopic (exact) mass is 336 g/mol. The number of phenolic OH excluding ortho intramolecular Hbond substituents is 2. The first-order chi connectivity index (χ1) is 9.47. The van der Waals surface area contributed by atoms with E-state index in [1.54, 1.807) is 12.1 Å². The first-order valence-corrected chi connectivity index (χ1v) is 6.26. The van der Waals surface area contributed by atoms with E-state index in [0.29, 0.717) is 5.69 Å². The topological polar surface area (TPSA) is 96.0 Å². The van der Waals surface area contributed by atoms with Crippen molar-refractivity contribution in [2.45, 2.75) is 0 Å². The van der Waals surface area contributed by atoms with Gasteiger partial charge in [-0.1, -0.05) is 0 Å². The molecule has 20 heavy (non-hydrogen) atoms. The Balaban J connectivity index is 2.37. The standard InChI is InChI=1S/C13H9BrN2O4/c14-12-6-10(16(19)20)5-8(13(12)18)7-15-9-1-3-11(17)4-2-9/h1-7,17-18H. The third-order valence-corrected chi connectivity index (χ3v) is 3.10. The van der Waals surface area contributed by atoms with E-state index in [1.165, 1.54) is 30.5 Å². The van der Waals surface area contributed by atoms with Gasteiger partial charge in [-0.3, -0.25) is 15.1 Å². The summed E-state index contributed by atoms with van der Waals surface area (Å²) >= 11 is 3.05. The third-order valence-electron chi connectivity index (χ3n) is 2.49. The van der Waals surface area contributed by atoms with E-state index in [2.05, 4.69) is 20.9 Å². The van der Waals surface area contributed by atoms with Crippen molar-refractivity contribution < 1.29 is 15.1 Å². The zero-order chi connectivity index (χ0) is 14.7. The van der Waals surface area contributed by atoms with Gasteiger partial charge in [0.1, 0.15) is 11.5 Å². The number of hydrogen-bond donors (Lipinski definition) is 2. The Morgan fingerprint density at radius 1 is 1.20 bits per heavy atom. The lowest BCUT2D eigenvalue weighted by molar-refractivity contribution is -0.385. The molecule has 0 aliphatic heterocycles. The minimum Gasteiger partial charge on any atom is -0.508 e. The van der Waals surface area contributed by atoms with Gasteiger partial charge < -0.3 is 10.2 Å². The molecule has 0 aromatic heterocycles. The van der Waals surface area contributed by atoms with E-state index in [1.807, 2.05) is 0 Å². The highest BCUT2D eigenvalue weighted by Gasteiger charge is 2.13. The molecule has 0 heterocycles. The molecule has 7 heteroatoms. The van der Waals surface area contributed by atoms with Crippen LogP contribution in [0.25, 0.3) is 0 Å². The molecule has 0 unspecified atom stereocenters. The van der Waals surface area contributed by atoms with Crippen LogP contribution in [0.2, 0.25) is 0 Å². The van der Waals surface area contributed by atoms with Gasteiger partial charge in [0, 0.05) is 23.9 Å². The number of nitro groups is 1. The highest BCUT2D eigenvalue weighted by molar-refractivity contribution is 9.10. The van der Waals surface area contributed by atoms with Crippen LogP contribution in [0, 0.1) is 10.1 Å². The quantitative estimate of drug-likeness (QED) is 0.509. The van der Waals surface area contributed by atoms with Gasteiger partial charge in [-0.2, -0.15) is 0 Å². The molecule has 0 radical (unpaired) electrons. The van der Waals surface area contributed by atoms with Crippen molar-refractivity contribution in [1.82, 2.24) is 0 Å². The molecule has 102 valence electrons. The van der Waals surface area contributed by atoms with Gasteiger partial charge in [0.2, 0.25) is 0 Å². The van der Waals surface area contributed by atoms with Gasteiger partial charge in [-0.05, 0) is 40.2 Å². The van der Waals surface area contributed by atoms with Crippen LogP contribution in [0.1, 0.15) is 5.56 Å². The number of hydrogen-bond acceptors (Lipinski definition) is 5. The fraction of sp³-hybridized carbons (Fsp3) is 0. The summed E-state index contributed by atoms with van der Waals surface area (Å²) in [5.74, 6) is -0.0111. The van der Waals surface area contributed by atoms with Crippen LogP contribution < -0.4 is 0 Å². The molecule has 0 aliphatic carbocycles. The predicted octanol–water partition coefficient (Wildman–Crippen LogP) is 3.52. The van der Waals surface area contributed by atoms with E-state index in [-0.39, 0.29) is 27.2 Å². The summed E-state index contributed by atoms with van der Waals surface area (Å²) in [5.41, 5.74) is 0.616. The molecule has 0 amide bonds. The number of non-ortho nitro benzene ring substituents is 1. The molecule has 2 rings (SSSR count). The van der Waals surface area contributed by atoms with Crippen molar-refractivity contribution in [3.8, 4) is 11.5 Å². The van der Waals surface area contributed by atoms with Gasteiger partial charge >= 0.3 is 0 Å². The molecule has 0 atom stereocenters. The Hall–Kier alpha value is -2.41. The average molecular weight is 337 g/mol. The van der Waals surface area contributed by atoms with Gasteiger partial charge in [0.25, 0.3) is 5.69 Å². The summed E-state index contributed by atoms with van der Waals surface area (Å²) < 4.78 is 0.221. The van der Waals surface area contributed by atoms with Crippen molar-refractivity contribution in [2.75, 3.05) is 0 Å². The molecule has 0 saturated heterocycles. The van der Waals surface area contributed by atoms with Gasteiger partial charge in [0.15, 0.2) is 0 Å². The molecule has 0 aliphatic rings. The summed E-state index contributed by atoms with van der Waals surface area (Å²) in [7, 11) is 0. The summed E-state index contributed by atoms with van der Waals surface area (Å²) in [5, 5.41) is 29.7. The van der Waals surface area contributed by atoms with Gasteiger partial charge in [0.05, 0.1) is 15.1 Å². The first-order valence-electron chi connectivity index (χ1n) is 5.47. The van der Waals surface area contributed by atoms with Crippen LogP contribution in [-0.2, 0) is 0 Å². The summed E-state index contributed by atoms with van der Waals surface area (Å²) in [6, 6.07) is 8.54. The van der Waals surface area contributed by atoms with Crippen molar-refractivity contribution in [2.24, 2.45) is 4.99 Å². The number of benzene rings is 2. The molecular weight excluding hydrogens is 328 g/mol. The third kappa shape index (κ3) is 3.12. The SMILES string of the molecule is O=[N+]([O-])c1cc(Br)c(O)c(C=Nc2ccc(O)cc2)c1. The molecule has 2 aromatic rings. The number of aromatic hydroxyl groups is 2. The van der Waals surface area contributed by atoms with E-state index in [0.717, 1.165) is 0 Å². The zero-order valence-corrected chi connectivity index (χ0v) is 11.6. The van der Waals surface area contributed by atoms with Crippen LogP contribution in [0.4, 0.5) is 11.4 Å². The predicted molar refractivity (Wildman–Crippen MR) is 77.8 cm³/mol. The van der Waals surface area contributed by atoms with E-state index in [4.69, 9.17) is 5.11 Å². The Kier molecular flexibility index (Phi) is 3.99. The van der Waals surface area contributed by atoms with E-state index < -0.39 is 4.92 Å². The van der Waals surface area contributed by atoms with Crippen LogP contribution in [0.3, 0.4) is 0 Å². The molecule has 0 fully saturated rings. The largest absolute Gasteiger partial charge is 0.508 e. The Morgan fingerprint density at radius 3 is 2.45 bits per heavy atom. The molecule has 2 aromatic carbocycles. The Labute approximate surface area is 122 Å². The van der Waals surface area contributed by atoms with E-state index in [9.17, 15) is 15.2 Å². The highest BCUT2D eigenvalue weighted by Crippen LogP contribution is 2.32. The smallest absolute Gasteiger partial charge is 0.271 e. The fourth-order valence-electron chi connectivity index (χ4n) is 1.49. The fourth-order valence-corrected chi connectivity index (χ4v) is 1.96. The van der Waals surface area contributed by atoms with E-state index >= 15 is 0 Å². The Bertz CT molecular complexity index is 684. The average Bonchev–Trinajstić information content (AvgIpc) is 2.42. The molecule has 6 nitrogen and oxygen atoms in total. The zero-order valence-electron chi connectivity index (χ0n) is 10.0. The minimum atomic E-state index is -0.553. The lowest BCUT2D eigenvalue weighted by Gasteiger charge is -2.02. The second-order valence-corrected chi connectivity index (χ2v) is 4.75. The second-order valence-electron chi connectivity index (χ2n) is 3.90. The van der Waals surface area contributed by atoms with Crippen molar-refractivity contribution in [3.63, 3.8) is 0 Å². The van der Waals surface area contributed by atoms with Crippen molar-refractivity contribution >= 4 is 33.5 Å². The minimum absolute atomic E-state index is 0.116. The van der Waals surface area contributed by atoms with Gasteiger partial charge in [-0.15, -0.1) is 0 Å². The number of nitro benzene ring substituents is 1. The van der Waals surface area contributed by atoms with Crippen LogP contribution in [0.5, 0.6) is 11.5 Å². The molecule has 0 spiro atoms. The van der Waals surface area contributed by atoms with Crippen molar-refractivity contribution in [3.05, 3.63) is 56.5 Å². The molecule has 0 saturated carbocycles. The number of rotatable bonds is 3. The van der Waals surface area contributed by atoms with Gasteiger partial charge in [-0.25, -0.2) is 0 Å². The van der Waals surface area contributed by atoms with Crippen LogP contribution >= 0.6 is 15.9 Å². The maximum atomic E-state index is 10.8. The Morgan fingerprint density at radius 2 is 1.85 bits per heavy atom. The van der Waals surface area contributed by atoms with Crippen molar-refractivity contribution in [1.29, 1.82) is 0 Å². The second kappa shape index (κ2) is 5.70. The van der Waals surface area contributed by atoms with Crippen LogP contribution in [-0.4, -0.2) is 21.4 Å². The highest BCUT2D eigenvalue weighted by atomic mass is 79.9. The number of nitrogens with zero attached hydrogens (tertiary/aromatic N) is 2. The first kappa shape index (κ1) is 14.0. The lowest BCUT2D eigenvalue weighted by atomic mass is 10.2. The normalized spacial score (nSPS) is 10.8. The molecule has 0 bridgehead atoms. The molecule has 2 N–H and O–H groups in total. The number of aliphatic imine (C=N–C) groups is 1. The molecular formula is C13H9BrN2O4. The maximum Gasteiger partial charge on any atom is 0.271 e. The lowest BCUT2D eigenvalue weighted by Crippen LogP contribution is -1.91. The number of phenols is 2.